The summed E-state index contributed by atoms with van der Waals surface area (Å²) in [6.45, 7) is 0.474. The summed E-state index contributed by atoms with van der Waals surface area (Å²) in [5.74, 6) is 2.61. The number of nitrogens with zero attached hydrogens (tertiary/aromatic N) is 3. The van der Waals surface area contributed by atoms with Gasteiger partial charge < -0.3 is 24.5 Å². The topological polar surface area (TPSA) is 149 Å². The van der Waals surface area contributed by atoms with Crippen molar-refractivity contribution >= 4 is 27.1 Å². The molecule has 0 amide bonds. The van der Waals surface area contributed by atoms with Crippen molar-refractivity contribution in [3.8, 4) is 17.2 Å². The van der Waals surface area contributed by atoms with E-state index in [0.717, 1.165) is 11.1 Å². The third kappa shape index (κ3) is 5.69. The second-order valence-electron chi connectivity index (χ2n) is 5.43. The summed E-state index contributed by atoms with van der Waals surface area (Å²) in [6.07, 6.45) is 3.77. The first-order chi connectivity index (χ1) is 13.3. The summed E-state index contributed by atoms with van der Waals surface area (Å²) >= 11 is 0. The molecule has 0 spiro atoms. The minimum atomic E-state index is -3.67. The molecular weight excluding hydrogens is 390 g/mol. The molecule has 0 aliphatic rings. The minimum absolute atomic E-state index is 0.474. The first kappa shape index (κ1) is 21.2. The SMILES string of the molecule is COc1cc(CNc2ncnc3nc[nH]c23)c(OC)c(OC)c1.CS(=O)(=O)O. The predicted molar refractivity (Wildman–Crippen MR) is 103 cm³/mol. The van der Waals surface area contributed by atoms with E-state index in [4.69, 9.17) is 18.8 Å². The van der Waals surface area contributed by atoms with Gasteiger partial charge in [0.1, 0.15) is 17.6 Å². The molecule has 0 unspecified atom stereocenters. The number of benzene rings is 1. The molecule has 152 valence electrons. The zero-order chi connectivity index (χ0) is 20.7. The van der Waals surface area contributed by atoms with Crippen LogP contribution in [0.2, 0.25) is 0 Å². The fourth-order valence-electron chi connectivity index (χ4n) is 2.34. The number of methoxy groups -OCH3 is 3. The van der Waals surface area contributed by atoms with Crippen molar-refractivity contribution in [3.05, 3.63) is 30.4 Å². The molecule has 0 saturated carbocycles. The van der Waals surface area contributed by atoms with E-state index in [9.17, 15) is 8.42 Å². The molecule has 12 heteroatoms. The Morgan fingerprint density at radius 3 is 2.43 bits per heavy atom. The van der Waals surface area contributed by atoms with Crippen LogP contribution in [-0.4, -0.2) is 60.5 Å². The zero-order valence-electron chi connectivity index (χ0n) is 15.8. The molecule has 0 saturated heterocycles. The average Bonchev–Trinajstić information content (AvgIpc) is 3.13. The number of nitrogens with one attached hydrogen (secondary N) is 2. The van der Waals surface area contributed by atoms with Crippen molar-refractivity contribution in [2.75, 3.05) is 32.9 Å². The fraction of sp³-hybridized carbons (Fsp3) is 0.312. The van der Waals surface area contributed by atoms with E-state index in [-0.39, 0.29) is 0 Å². The third-order valence-corrected chi connectivity index (χ3v) is 3.43. The van der Waals surface area contributed by atoms with Gasteiger partial charge in [0.25, 0.3) is 10.1 Å². The lowest BCUT2D eigenvalue weighted by molar-refractivity contribution is 0.346. The highest BCUT2D eigenvalue weighted by atomic mass is 32.2. The lowest BCUT2D eigenvalue weighted by atomic mass is 10.1. The van der Waals surface area contributed by atoms with Crippen molar-refractivity contribution in [2.24, 2.45) is 0 Å². The fourth-order valence-corrected chi connectivity index (χ4v) is 2.34. The summed E-state index contributed by atoms with van der Waals surface area (Å²) in [5, 5.41) is 3.25. The lowest BCUT2D eigenvalue weighted by Crippen LogP contribution is -2.05. The molecule has 0 fully saturated rings. The third-order valence-electron chi connectivity index (χ3n) is 3.43. The zero-order valence-corrected chi connectivity index (χ0v) is 16.6. The molecule has 0 bridgehead atoms. The summed E-state index contributed by atoms with van der Waals surface area (Å²) in [5.41, 5.74) is 2.24. The maximum Gasteiger partial charge on any atom is 0.261 e. The molecule has 2 heterocycles. The summed E-state index contributed by atoms with van der Waals surface area (Å²) in [7, 11) is 1.13. The molecule has 0 aliphatic heterocycles. The van der Waals surface area contributed by atoms with Crippen LogP contribution >= 0.6 is 0 Å². The molecule has 28 heavy (non-hydrogen) atoms. The van der Waals surface area contributed by atoms with Crippen LogP contribution in [-0.2, 0) is 16.7 Å². The number of rotatable bonds is 6. The molecule has 1 aromatic carbocycles. The van der Waals surface area contributed by atoms with Gasteiger partial charge in [-0.05, 0) is 6.07 Å². The van der Waals surface area contributed by atoms with Gasteiger partial charge in [-0.3, -0.25) is 4.55 Å². The Labute approximate surface area is 161 Å². The largest absolute Gasteiger partial charge is 0.497 e. The van der Waals surface area contributed by atoms with Crippen molar-refractivity contribution in [1.82, 2.24) is 19.9 Å². The smallest absolute Gasteiger partial charge is 0.261 e. The van der Waals surface area contributed by atoms with Crippen LogP contribution in [0.25, 0.3) is 11.2 Å². The Balaban J connectivity index is 0.000000500. The molecule has 0 atom stereocenters. The Bertz CT molecular complexity index is 1030. The number of imidazole rings is 1. The first-order valence-electron chi connectivity index (χ1n) is 7.86. The predicted octanol–water partition coefficient (Wildman–Crippen LogP) is 1.49. The van der Waals surface area contributed by atoms with Gasteiger partial charge in [-0.15, -0.1) is 0 Å². The standard InChI is InChI=1S/C15H17N5O3.CH4O3S/c1-21-10-4-9(13(23-3)11(5-10)22-2)6-16-14-12-15(18-7-17-12)20-8-19-14;1-5(2,3)4/h4-5,7-8H,6H2,1-3H3,(H2,16,17,18,19,20);1H3,(H,2,3,4). The highest BCUT2D eigenvalue weighted by Crippen LogP contribution is 2.36. The molecule has 2 aromatic heterocycles. The van der Waals surface area contributed by atoms with Crippen molar-refractivity contribution in [2.45, 2.75) is 6.54 Å². The van der Waals surface area contributed by atoms with Crippen LogP contribution in [0.3, 0.4) is 0 Å². The van der Waals surface area contributed by atoms with E-state index in [1.807, 2.05) is 6.07 Å². The van der Waals surface area contributed by atoms with Gasteiger partial charge >= 0.3 is 0 Å². The number of H-pyrrole nitrogens is 1. The van der Waals surface area contributed by atoms with Crippen LogP contribution in [0.1, 0.15) is 5.56 Å². The van der Waals surface area contributed by atoms with Gasteiger partial charge in [-0.1, -0.05) is 0 Å². The number of ether oxygens (including phenoxy) is 3. The number of aromatic nitrogens is 4. The molecule has 3 aromatic rings. The Morgan fingerprint density at radius 1 is 1.11 bits per heavy atom. The maximum absolute atomic E-state index is 9.19. The molecular formula is C16H21N5O6S. The minimum Gasteiger partial charge on any atom is -0.497 e. The average molecular weight is 411 g/mol. The molecule has 11 nitrogen and oxygen atoms in total. The van der Waals surface area contributed by atoms with E-state index in [1.165, 1.54) is 6.33 Å². The van der Waals surface area contributed by atoms with Crippen LogP contribution < -0.4 is 19.5 Å². The highest BCUT2D eigenvalue weighted by molar-refractivity contribution is 7.85. The quantitative estimate of drug-likeness (QED) is 0.509. The normalized spacial score (nSPS) is 10.8. The van der Waals surface area contributed by atoms with E-state index in [2.05, 4.69) is 25.3 Å². The van der Waals surface area contributed by atoms with Gasteiger partial charge in [0.15, 0.2) is 23.0 Å². The number of hydrogen-bond acceptors (Lipinski definition) is 9. The first-order valence-corrected chi connectivity index (χ1v) is 9.71. The van der Waals surface area contributed by atoms with Gasteiger partial charge in [-0.25, -0.2) is 15.0 Å². The monoisotopic (exact) mass is 411 g/mol. The van der Waals surface area contributed by atoms with Crippen LogP contribution in [0.15, 0.2) is 24.8 Å². The maximum atomic E-state index is 9.19. The summed E-state index contributed by atoms with van der Waals surface area (Å²) in [6, 6.07) is 3.67. The number of anilines is 1. The second kappa shape index (κ2) is 9.19. The van der Waals surface area contributed by atoms with Gasteiger partial charge in [0.05, 0.1) is 33.9 Å². The molecule has 0 radical (unpaired) electrons. The molecule has 0 aliphatic carbocycles. The van der Waals surface area contributed by atoms with E-state index < -0.39 is 10.1 Å². The van der Waals surface area contributed by atoms with E-state index >= 15 is 0 Å². The van der Waals surface area contributed by atoms with Gasteiger partial charge in [0.2, 0.25) is 0 Å². The van der Waals surface area contributed by atoms with Gasteiger partial charge in [-0.2, -0.15) is 8.42 Å². The van der Waals surface area contributed by atoms with Crippen LogP contribution in [0.5, 0.6) is 17.2 Å². The lowest BCUT2D eigenvalue weighted by Gasteiger charge is -2.15. The Hall–Kier alpha value is -3.12. The van der Waals surface area contributed by atoms with Crippen molar-refractivity contribution in [1.29, 1.82) is 0 Å². The van der Waals surface area contributed by atoms with Crippen molar-refractivity contribution < 1.29 is 27.2 Å². The second-order valence-corrected chi connectivity index (χ2v) is 6.90. The highest BCUT2D eigenvalue weighted by Gasteiger charge is 2.14. The van der Waals surface area contributed by atoms with E-state index in [0.29, 0.717) is 41.5 Å². The van der Waals surface area contributed by atoms with Gasteiger partial charge in [0, 0.05) is 18.2 Å². The Morgan fingerprint density at radius 2 is 1.82 bits per heavy atom. The van der Waals surface area contributed by atoms with Crippen LogP contribution in [0, 0.1) is 0 Å². The Kier molecular flexibility index (Phi) is 6.95. The molecule has 3 rings (SSSR count). The summed E-state index contributed by atoms with van der Waals surface area (Å²) in [4.78, 5) is 15.5. The number of aromatic amines is 1. The number of hydrogen-bond donors (Lipinski definition) is 3. The summed E-state index contributed by atoms with van der Waals surface area (Å²) < 4.78 is 42.0. The van der Waals surface area contributed by atoms with E-state index in [1.54, 1.807) is 33.7 Å². The molecule has 3 N–H and O–H groups in total. The van der Waals surface area contributed by atoms with Crippen molar-refractivity contribution in [3.63, 3.8) is 0 Å². The van der Waals surface area contributed by atoms with Crippen LogP contribution in [0.4, 0.5) is 5.82 Å². The number of fused-ring (bicyclic) bond motifs is 1.